The molecule has 5 rings (SSSR count). The molecule has 0 unspecified atom stereocenters. The van der Waals surface area contributed by atoms with E-state index < -0.39 is 30.4 Å². The first-order chi connectivity index (χ1) is 17.4. The zero-order valence-corrected chi connectivity index (χ0v) is 22.0. The van der Waals surface area contributed by atoms with Crippen molar-refractivity contribution < 1.29 is 23.8 Å². The Hall–Kier alpha value is -3.24. The van der Waals surface area contributed by atoms with Crippen molar-refractivity contribution in [3.05, 3.63) is 98.9 Å². The van der Waals surface area contributed by atoms with Gasteiger partial charge in [-0.1, -0.05) is 35.4 Å². The maximum Gasteiger partial charge on any atom is 0.338 e. The number of esters is 2. The summed E-state index contributed by atoms with van der Waals surface area (Å²) in [6, 6.07) is 18.3. The van der Waals surface area contributed by atoms with Crippen LogP contribution in [0.4, 0.5) is 0 Å². The van der Waals surface area contributed by atoms with E-state index in [0.29, 0.717) is 17.5 Å². The lowest BCUT2D eigenvalue weighted by Crippen LogP contribution is -2.32. The molecule has 2 aromatic heterocycles. The molecular formula is C28H25IN2O5. The maximum atomic E-state index is 12.9. The highest BCUT2D eigenvalue weighted by molar-refractivity contribution is 14.1. The number of hydrogen-bond donors (Lipinski definition) is 0. The zero-order chi connectivity index (χ0) is 25.2. The van der Waals surface area contributed by atoms with Gasteiger partial charge in [-0.15, -0.1) is 0 Å². The molecule has 0 spiro atoms. The quantitative estimate of drug-likeness (QED) is 0.212. The molecule has 1 aliphatic rings. The van der Waals surface area contributed by atoms with E-state index in [9.17, 15) is 9.59 Å². The number of nitrogens with zero attached hydrogens (tertiary/aromatic N) is 2. The third kappa shape index (κ3) is 5.15. The molecule has 3 atom stereocenters. The van der Waals surface area contributed by atoms with Gasteiger partial charge in [0.05, 0.1) is 11.1 Å². The summed E-state index contributed by atoms with van der Waals surface area (Å²) >= 11 is 2.27. The van der Waals surface area contributed by atoms with Crippen LogP contribution >= 0.6 is 22.6 Å². The Morgan fingerprint density at radius 1 is 0.972 bits per heavy atom. The van der Waals surface area contributed by atoms with Crippen LogP contribution in [0.1, 0.15) is 44.5 Å². The second kappa shape index (κ2) is 10.4. The number of carbonyl (C=O) groups excluding carboxylic acids is 2. The molecule has 1 fully saturated rings. The lowest BCUT2D eigenvalue weighted by molar-refractivity contribution is -0.0562. The lowest BCUT2D eigenvalue weighted by atomic mass is 10.1. The number of carbonyl (C=O) groups is 2. The Balaban J connectivity index is 1.36. The molecule has 1 saturated heterocycles. The van der Waals surface area contributed by atoms with E-state index >= 15 is 0 Å². The molecule has 0 saturated carbocycles. The van der Waals surface area contributed by atoms with Crippen LogP contribution in [0.3, 0.4) is 0 Å². The fourth-order valence-corrected chi connectivity index (χ4v) is 4.81. The molecule has 2 aromatic carbocycles. The first-order valence-electron chi connectivity index (χ1n) is 11.7. The van der Waals surface area contributed by atoms with Gasteiger partial charge in [-0.25, -0.2) is 14.6 Å². The van der Waals surface area contributed by atoms with Crippen LogP contribution in [0, 0.1) is 17.4 Å². The number of rotatable bonds is 6. The summed E-state index contributed by atoms with van der Waals surface area (Å²) < 4.78 is 20.8. The van der Waals surface area contributed by atoms with Crippen LogP contribution < -0.4 is 0 Å². The van der Waals surface area contributed by atoms with E-state index in [2.05, 4.69) is 27.6 Å². The van der Waals surface area contributed by atoms with Crippen molar-refractivity contribution in [1.29, 1.82) is 0 Å². The summed E-state index contributed by atoms with van der Waals surface area (Å²) in [7, 11) is 0. The Morgan fingerprint density at radius 3 is 2.28 bits per heavy atom. The summed E-state index contributed by atoms with van der Waals surface area (Å²) in [5.41, 5.74) is 3.81. The zero-order valence-electron chi connectivity index (χ0n) is 19.9. The third-order valence-corrected chi connectivity index (χ3v) is 7.21. The number of hydrogen-bond acceptors (Lipinski definition) is 6. The minimum Gasteiger partial charge on any atom is -0.459 e. The Bertz CT molecular complexity index is 1400. The molecule has 184 valence electrons. The molecule has 1 aliphatic heterocycles. The van der Waals surface area contributed by atoms with Crippen LogP contribution in [0.15, 0.2) is 73.1 Å². The number of ether oxygens (including phenoxy) is 3. The van der Waals surface area contributed by atoms with Gasteiger partial charge >= 0.3 is 11.9 Å². The highest BCUT2D eigenvalue weighted by Gasteiger charge is 2.40. The smallest absolute Gasteiger partial charge is 0.338 e. The monoisotopic (exact) mass is 596 g/mol. The Labute approximate surface area is 222 Å². The van der Waals surface area contributed by atoms with Crippen molar-refractivity contribution >= 4 is 45.6 Å². The van der Waals surface area contributed by atoms with Crippen LogP contribution in [-0.4, -0.2) is 40.3 Å². The normalized spacial score (nSPS) is 19.4. The number of pyridine rings is 1. The second-order valence-electron chi connectivity index (χ2n) is 8.89. The molecular weight excluding hydrogens is 571 g/mol. The molecule has 0 N–H and O–H groups in total. The second-order valence-corrected chi connectivity index (χ2v) is 10.1. The molecule has 0 amide bonds. The fourth-order valence-electron chi connectivity index (χ4n) is 4.23. The van der Waals surface area contributed by atoms with Crippen LogP contribution in [0.2, 0.25) is 0 Å². The lowest BCUT2D eigenvalue weighted by Gasteiger charge is -2.19. The van der Waals surface area contributed by atoms with Crippen molar-refractivity contribution in [3.8, 4) is 0 Å². The maximum absolute atomic E-state index is 12.9. The summed E-state index contributed by atoms with van der Waals surface area (Å²) in [4.78, 5) is 30.0. The number of benzene rings is 2. The van der Waals surface area contributed by atoms with Gasteiger partial charge < -0.3 is 18.8 Å². The van der Waals surface area contributed by atoms with Crippen molar-refractivity contribution in [2.45, 2.75) is 38.7 Å². The van der Waals surface area contributed by atoms with E-state index in [1.54, 1.807) is 30.5 Å². The van der Waals surface area contributed by atoms with Crippen LogP contribution in [0.25, 0.3) is 11.0 Å². The van der Waals surface area contributed by atoms with Gasteiger partial charge in [0.1, 0.15) is 30.7 Å². The van der Waals surface area contributed by atoms with Crippen LogP contribution in [-0.2, 0) is 14.2 Å². The van der Waals surface area contributed by atoms with Gasteiger partial charge in [-0.05, 0) is 72.8 Å². The van der Waals surface area contributed by atoms with Gasteiger partial charge in [0.25, 0.3) is 0 Å². The fraction of sp³-hybridized carbons (Fsp3) is 0.250. The average molecular weight is 596 g/mol. The van der Waals surface area contributed by atoms with Crippen LogP contribution in [0.5, 0.6) is 0 Å². The standard InChI is InChI=1S/C28H25IN2O5/c1-17-3-7-19(8-4-17)27(32)34-16-24-23(36-28(33)20-9-5-18(2)6-10-20)15-25(35-24)31-14-12-21-22(29)11-13-30-26(21)31/h3-14,23-25H,15-16H2,1-2H3/t23-,24+,25+/m0/s1. The van der Waals surface area contributed by atoms with Gasteiger partial charge in [0.15, 0.2) is 0 Å². The summed E-state index contributed by atoms with van der Waals surface area (Å²) in [5.74, 6) is -0.891. The van der Waals surface area contributed by atoms with Crippen molar-refractivity contribution in [1.82, 2.24) is 9.55 Å². The minimum absolute atomic E-state index is 0.0424. The Kier molecular flexibility index (Phi) is 7.06. The largest absolute Gasteiger partial charge is 0.459 e. The van der Waals surface area contributed by atoms with Gasteiger partial charge in [-0.3, -0.25) is 0 Å². The average Bonchev–Trinajstić information content (AvgIpc) is 3.48. The van der Waals surface area contributed by atoms with E-state index in [4.69, 9.17) is 14.2 Å². The highest BCUT2D eigenvalue weighted by Crippen LogP contribution is 2.34. The van der Waals surface area contributed by atoms with Crippen molar-refractivity contribution in [2.24, 2.45) is 0 Å². The summed E-state index contributed by atoms with van der Waals surface area (Å²) in [6.45, 7) is 3.87. The van der Waals surface area contributed by atoms with E-state index in [1.807, 2.05) is 61.0 Å². The van der Waals surface area contributed by atoms with Gasteiger partial charge in [-0.2, -0.15) is 0 Å². The number of aryl methyl sites for hydroxylation is 2. The highest BCUT2D eigenvalue weighted by atomic mass is 127. The summed E-state index contributed by atoms with van der Waals surface area (Å²) in [5, 5.41) is 1.02. The SMILES string of the molecule is Cc1ccc(C(=O)OC[C@H]2O[C@@H](n3ccc4c(I)ccnc43)C[C@@H]2OC(=O)c2ccc(C)cc2)cc1. The van der Waals surface area contributed by atoms with Crippen molar-refractivity contribution in [3.63, 3.8) is 0 Å². The molecule has 8 heteroatoms. The predicted molar refractivity (Wildman–Crippen MR) is 143 cm³/mol. The molecule has 0 radical (unpaired) electrons. The Morgan fingerprint density at radius 2 is 1.61 bits per heavy atom. The van der Waals surface area contributed by atoms with Crippen molar-refractivity contribution in [2.75, 3.05) is 6.61 Å². The number of aromatic nitrogens is 2. The summed E-state index contributed by atoms with van der Waals surface area (Å²) in [6.07, 6.45) is 2.43. The number of fused-ring (bicyclic) bond motifs is 1. The molecule has 3 heterocycles. The number of halogens is 1. The van der Waals surface area contributed by atoms with Gasteiger partial charge in [0, 0.05) is 27.8 Å². The topological polar surface area (TPSA) is 79.7 Å². The first kappa shape index (κ1) is 24.5. The molecule has 36 heavy (non-hydrogen) atoms. The molecule has 7 nitrogen and oxygen atoms in total. The van der Waals surface area contributed by atoms with E-state index in [1.165, 1.54) is 0 Å². The van der Waals surface area contributed by atoms with E-state index in [-0.39, 0.29) is 6.61 Å². The molecule has 0 aliphatic carbocycles. The third-order valence-electron chi connectivity index (χ3n) is 6.26. The first-order valence-corrected chi connectivity index (χ1v) is 12.7. The molecule has 4 aromatic rings. The van der Waals surface area contributed by atoms with Gasteiger partial charge in [0.2, 0.25) is 0 Å². The minimum atomic E-state index is -0.626. The molecule has 0 bridgehead atoms. The predicted octanol–water partition coefficient (Wildman–Crippen LogP) is 5.63. The van der Waals surface area contributed by atoms with E-state index in [0.717, 1.165) is 25.7 Å².